The van der Waals surface area contributed by atoms with E-state index in [1.807, 2.05) is 6.92 Å². The Morgan fingerprint density at radius 2 is 1.95 bits per heavy atom. The number of aromatic nitrogens is 3. The number of fused-ring (bicyclic) bond motifs is 1. The molecule has 102 valence electrons. The lowest BCUT2D eigenvalue weighted by Crippen LogP contribution is -2.26. The average Bonchev–Trinajstić information content (AvgIpc) is 2.53. The van der Waals surface area contributed by atoms with Gasteiger partial charge in [0.05, 0.1) is 5.39 Å². The molecule has 0 saturated heterocycles. The standard InChI is InChI=1S/C12H13Cl2N3O2/c1-6-5-17(11(18)19-12(2,3)4)9-7(6)8(13)15-10(14)16-9/h5H,1-4H3. The van der Waals surface area contributed by atoms with E-state index in [0.29, 0.717) is 11.0 Å². The molecule has 2 heterocycles. The Hall–Kier alpha value is -1.33. The van der Waals surface area contributed by atoms with Gasteiger partial charge in [0.2, 0.25) is 5.28 Å². The first-order chi connectivity index (χ1) is 8.69. The maximum atomic E-state index is 12.1. The van der Waals surface area contributed by atoms with Crippen LogP contribution in [-0.2, 0) is 4.74 Å². The fourth-order valence-corrected chi connectivity index (χ4v) is 2.20. The van der Waals surface area contributed by atoms with Crippen LogP contribution in [0.25, 0.3) is 11.0 Å². The SMILES string of the molecule is Cc1cn(C(=O)OC(C)(C)C)c2nc(Cl)nc(Cl)c12. The minimum atomic E-state index is -0.595. The van der Waals surface area contributed by atoms with Gasteiger partial charge in [0.1, 0.15) is 10.8 Å². The molecule has 0 radical (unpaired) electrons. The molecular formula is C12H13Cl2N3O2. The molecular weight excluding hydrogens is 289 g/mol. The lowest BCUT2D eigenvalue weighted by atomic mass is 10.2. The highest BCUT2D eigenvalue weighted by atomic mass is 35.5. The lowest BCUT2D eigenvalue weighted by molar-refractivity contribution is 0.0543. The van der Waals surface area contributed by atoms with Crippen molar-refractivity contribution in [1.29, 1.82) is 0 Å². The Morgan fingerprint density at radius 1 is 1.32 bits per heavy atom. The van der Waals surface area contributed by atoms with Gasteiger partial charge in [-0.2, -0.15) is 4.98 Å². The molecule has 0 unspecified atom stereocenters. The second-order valence-electron chi connectivity index (χ2n) is 5.14. The van der Waals surface area contributed by atoms with Gasteiger partial charge in [-0.3, -0.25) is 0 Å². The molecule has 0 N–H and O–H groups in total. The fraction of sp³-hybridized carbons (Fsp3) is 0.417. The molecule has 0 aliphatic heterocycles. The van der Waals surface area contributed by atoms with Crippen molar-refractivity contribution in [2.45, 2.75) is 33.3 Å². The van der Waals surface area contributed by atoms with Gasteiger partial charge in [-0.1, -0.05) is 11.6 Å². The van der Waals surface area contributed by atoms with E-state index >= 15 is 0 Å². The first-order valence-corrected chi connectivity index (χ1v) is 6.38. The minimum absolute atomic E-state index is 0.0135. The zero-order chi connectivity index (χ0) is 14.4. The number of carbonyl (C=O) groups is 1. The molecule has 0 saturated carbocycles. The van der Waals surface area contributed by atoms with Crippen molar-refractivity contribution < 1.29 is 9.53 Å². The summed E-state index contributed by atoms with van der Waals surface area (Å²) in [7, 11) is 0. The number of nitrogens with zero attached hydrogens (tertiary/aromatic N) is 3. The molecule has 19 heavy (non-hydrogen) atoms. The second-order valence-corrected chi connectivity index (χ2v) is 5.84. The van der Waals surface area contributed by atoms with E-state index in [0.717, 1.165) is 5.56 Å². The molecule has 0 aliphatic carbocycles. The van der Waals surface area contributed by atoms with Gasteiger partial charge >= 0.3 is 6.09 Å². The molecule has 0 amide bonds. The van der Waals surface area contributed by atoms with Crippen LogP contribution < -0.4 is 0 Å². The Labute approximate surface area is 120 Å². The summed E-state index contributed by atoms with van der Waals surface area (Å²) in [6.45, 7) is 7.18. The summed E-state index contributed by atoms with van der Waals surface area (Å²) in [6, 6.07) is 0. The first-order valence-electron chi connectivity index (χ1n) is 5.63. The van der Waals surface area contributed by atoms with Gasteiger partial charge in [0.25, 0.3) is 0 Å². The monoisotopic (exact) mass is 301 g/mol. The minimum Gasteiger partial charge on any atom is -0.443 e. The van der Waals surface area contributed by atoms with Crippen LogP contribution in [0.1, 0.15) is 26.3 Å². The van der Waals surface area contributed by atoms with Crippen LogP contribution in [-0.4, -0.2) is 26.2 Å². The van der Waals surface area contributed by atoms with Crippen molar-refractivity contribution in [3.05, 3.63) is 22.2 Å². The van der Waals surface area contributed by atoms with Crippen molar-refractivity contribution in [2.24, 2.45) is 0 Å². The summed E-state index contributed by atoms with van der Waals surface area (Å²) in [5, 5.41) is 0.798. The van der Waals surface area contributed by atoms with Crippen molar-refractivity contribution in [3.8, 4) is 0 Å². The second kappa shape index (κ2) is 4.65. The predicted octanol–water partition coefficient (Wildman–Crippen LogP) is 3.83. The molecule has 5 nitrogen and oxygen atoms in total. The van der Waals surface area contributed by atoms with Crippen LogP contribution in [0, 0.1) is 6.92 Å². The van der Waals surface area contributed by atoms with Crippen LogP contribution in [0.2, 0.25) is 10.4 Å². The smallest absolute Gasteiger partial charge is 0.420 e. The molecule has 0 spiro atoms. The number of hydrogen-bond donors (Lipinski definition) is 0. The Kier molecular flexibility index (Phi) is 3.45. The van der Waals surface area contributed by atoms with Crippen LogP contribution >= 0.6 is 23.2 Å². The van der Waals surface area contributed by atoms with Crippen LogP contribution in [0.3, 0.4) is 0 Å². The number of hydrogen-bond acceptors (Lipinski definition) is 4. The zero-order valence-electron chi connectivity index (χ0n) is 11.0. The lowest BCUT2D eigenvalue weighted by Gasteiger charge is -2.19. The number of carbonyl (C=O) groups excluding carboxylic acids is 1. The summed E-state index contributed by atoms with van der Waals surface area (Å²) in [4.78, 5) is 20.0. The molecule has 2 aromatic rings. The summed E-state index contributed by atoms with van der Waals surface area (Å²) in [5.41, 5.74) is 0.529. The van der Waals surface area contributed by atoms with Crippen molar-refractivity contribution in [3.63, 3.8) is 0 Å². The highest BCUT2D eigenvalue weighted by molar-refractivity contribution is 6.36. The van der Waals surface area contributed by atoms with E-state index in [2.05, 4.69) is 9.97 Å². The van der Waals surface area contributed by atoms with Gasteiger partial charge in [-0.15, -0.1) is 0 Å². The Morgan fingerprint density at radius 3 is 2.53 bits per heavy atom. The molecule has 0 aliphatic rings. The van der Waals surface area contributed by atoms with E-state index in [4.69, 9.17) is 27.9 Å². The topological polar surface area (TPSA) is 57.0 Å². The van der Waals surface area contributed by atoms with E-state index in [-0.39, 0.29) is 10.4 Å². The van der Waals surface area contributed by atoms with Gasteiger partial charge in [-0.25, -0.2) is 14.3 Å². The highest BCUT2D eigenvalue weighted by Gasteiger charge is 2.22. The summed E-state index contributed by atoms with van der Waals surface area (Å²) in [5.74, 6) is 0. The Bertz CT molecular complexity index is 659. The van der Waals surface area contributed by atoms with E-state index in [1.54, 1.807) is 27.0 Å². The van der Waals surface area contributed by atoms with Crippen LogP contribution in [0.5, 0.6) is 0 Å². The maximum Gasteiger partial charge on any atom is 0.420 e. The van der Waals surface area contributed by atoms with Crippen molar-refractivity contribution in [2.75, 3.05) is 0 Å². The van der Waals surface area contributed by atoms with Crippen LogP contribution in [0.4, 0.5) is 4.79 Å². The summed E-state index contributed by atoms with van der Waals surface area (Å²) >= 11 is 11.8. The molecule has 0 aromatic carbocycles. The number of ether oxygens (including phenoxy) is 1. The van der Waals surface area contributed by atoms with E-state index in [9.17, 15) is 4.79 Å². The van der Waals surface area contributed by atoms with Gasteiger partial charge in [0, 0.05) is 6.20 Å². The molecule has 2 rings (SSSR count). The zero-order valence-corrected chi connectivity index (χ0v) is 12.5. The number of rotatable bonds is 0. The summed E-state index contributed by atoms with van der Waals surface area (Å²) < 4.78 is 6.59. The largest absolute Gasteiger partial charge is 0.443 e. The molecule has 0 atom stereocenters. The first kappa shape index (κ1) is 14.1. The highest BCUT2D eigenvalue weighted by Crippen LogP contribution is 2.27. The quantitative estimate of drug-likeness (QED) is 0.548. The third kappa shape index (κ3) is 2.82. The van der Waals surface area contributed by atoms with Gasteiger partial charge in [0.15, 0.2) is 5.65 Å². The molecule has 2 aromatic heterocycles. The molecule has 0 fully saturated rings. The molecule has 7 heteroatoms. The maximum absolute atomic E-state index is 12.1. The fourth-order valence-electron chi connectivity index (χ4n) is 1.68. The van der Waals surface area contributed by atoms with Crippen LogP contribution in [0.15, 0.2) is 6.20 Å². The van der Waals surface area contributed by atoms with E-state index in [1.165, 1.54) is 4.57 Å². The van der Waals surface area contributed by atoms with Gasteiger partial charge in [-0.05, 0) is 44.9 Å². The number of halogens is 2. The summed E-state index contributed by atoms with van der Waals surface area (Å²) in [6.07, 6.45) is 1.08. The third-order valence-electron chi connectivity index (χ3n) is 2.35. The van der Waals surface area contributed by atoms with Gasteiger partial charge < -0.3 is 4.74 Å². The van der Waals surface area contributed by atoms with Crippen molar-refractivity contribution >= 4 is 40.3 Å². The third-order valence-corrected chi connectivity index (χ3v) is 2.80. The predicted molar refractivity (Wildman–Crippen MR) is 73.9 cm³/mol. The van der Waals surface area contributed by atoms with E-state index < -0.39 is 11.7 Å². The average molecular weight is 302 g/mol. The normalized spacial score (nSPS) is 11.9. The number of aryl methyl sites for hydroxylation is 1. The Balaban J connectivity index is 2.59. The van der Waals surface area contributed by atoms with Crippen molar-refractivity contribution in [1.82, 2.24) is 14.5 Å². The molecule has 0 bridgehead atoms.